The third-order valence-electron chi connectivity index (χ3n) is 2.43. The van der Waals surface area contributed by atoms with Gasteiger partial charge in [-0.15, -0.1) is 0 Å². The first-order valence-electron chi connectivity index (χ1n) is 5.59. The molecule has 2 aromatic rings. The van der Waals surface area contributed by atoms with E-state index >= 15 is 0 Å². The molecule has 0 radical (unpaired) electrons. The molecule has 18 heavy (non-hydrogen) atoms. The van der Waals surface area contributed by atoms with Crippen LogP contribution in [0, 0.1) is 12.7 Å². The Labute approximate surface area is 105 Å². The zero-order chi connectivity index (χ0) is 13.0. The molecule has 0 amide bonds. The maximum absolute atomic E-state index is 13.0. The molecule has 0 atom stereocenters. The van der Waals surface area contributed by atoms with Gasteiger partial charge in [0.15, 0.2) is 0 Å². The largest absolute Gasteiger partial charge is 0.424 e. The van der Waals surface area contributed by atoms with Crippen molar-refractivity contribution >= 4 is 0 Å². The second kappa shape index (κ2) is 5.55. The van der Waals surface area contributed by atoms with E-state index < -0.39 is 0 Å². The molecule has 1 aromatic carbocycles. The number of rotatable bonds is 4. The number of nitrogens with one attached hydrogen (secondary N) is 1. The molecule has 1 N–H and O–H groups in total. The summed E-state index contributed by atoms with van der Waals surface area (Å²) in [6.45, 7) is 2.58. The summed E-state index contributed by atoms with van der Waals surface area (Å²) >= 11 is 0. The number of nitrogens with zero attached hydrogens (tertiary/aromatic N) is 2. The van der Waals surface area contributed by atoms with Crippen molar-refractivity contribution < 1.29 is 9.13 Å². The van der Waals surface area contributed by atoms with Crippen LogP contribution in [0.2, 0.25) is 0 Å². The van der Waals surface area contributed by atoms with E-state index in [2.05, 4.69) is 15.3 Å². The van der Waals surface area contributed by atoms with Crippen molar-refractivity contribution in [2.24, 2.45) is 0 Å². The Hall–Kier alpha value is -2.01. The summed E-state index contributed by atoms with van der Waals surface area (Å²) in [5.41, 5.74) is 1.84. The molecular weight excluding hydrogens is 233 g/mol. The van der Waals surface area contributed by atoms with Crippen LogP contribution in [0.4, 0.5) is 4.39 Å². The lowest BCUT2D eigenvalue weighted by molar-refractivity contribution is 0.435. The maximum Gasteiger partial charge on any atom is 0.322 e. The van der Waals surface area contributed by atoms with E-state index in [1.807, 2.05) is 14.0 Å². The number of benzene rings is 1. The second-order valence-corrected chi connectivity index (χ2v) is 3.85. The molecule has 4 nitrogen and oxygen atoms in total. The van der Waals surface area contributed by atoms with E-state index in [1.165, 1.54) is 12.1 Å². The highest BCUT2D eigenvalue weighted by atomic mass is 19.1. The first-order valence-corrected chi connectivity index (χ1v) is 5.59. The zero-order valence-corrected chi connectivity index (χ0v) is 10.3. The van der Waals surface area contributed by atoms with Gasteiger partial charge in [-0.3, -0.25) is 0 Å². The Morgan fingerprint density at radius 3 is 2.89 bits per heavy atom. The zero-order valence-electron chi connectivity index (χ0n) is 10.3. The SMILES string of the molecule is CNCc1cnc(Oc2cccc(F)c2)nc1C. The molecule has 0 bridgehead atoms. The summed E-state index contributed by atoms with van der Waals surface area (Å²) in [6, 6.07) is 6.10. The minimum atomic E-state index is -0.351. The van der Waals surface area contributed by atoms with Gasteiger partial charge in [0, 0.05) is 30.1 Å². The second-order valence-electron chi connectivity index (χ2n) is 3.85. The van der Waals surface area contributed by atoms with Crippen LogP contribution in [-0.2, 0) is 6.54 Å². The normalized spacial score (nSPS) is 10.4. The van der Waals surface area contributed by atoms with Gasteiger partial charge in [0.2, 0.25) is 0 Å². The predicted octanol–water partition coefficient (Wildman–Crippen LogP) is 2.44. The van der Waals surface area contributed by atoms with Crippen molar-refractivity contribution in [1.82, 2.24) is 15.3 Å². The number of ether oxygens (including phenoxy) is 1. The van der Waals surface area contributed by atoms with E-state index in [-0.39, 0.29) is 11.8 Å². The van der Waals surface area contributed by atoms with E-state index in [1.54, 1.807) is 18.3 Å². The fourth-order valence-electron chi connectivity index (χ4n) is 1.52. The van der Waals surface area contributed by atoms with Gasteiger partial charge in [-0.05, 0) is 26.1 Å². The molecule has 0 saturated carbocycles. The molecule has 1 aromatic heterocycles. The minimum Gasteiger partial charge on any atom is -0.424 e. The van der Waals surface area contributed by atoms with Crippen LogP contribution in [0.25, 0.3) is 0 Å². The van der Waals surface area contributed by atoms with Crippen LogP contribution in [0.15, 0.2) is 30.5 Å². The van der Waals surface area contributed by atoms with E-state index in [0.717, 1.165) is 11.3 Å². The van der Waals surface area contributed by atoms with Crippen molar-refractivity contribution in [1.29, 1.82) is 0 Å². The number of aryl methyl sites for hydroxylation is 1. The monoisotopic (exact) mass is 247 g/mol. The van der Waals surface area contributed by atoms with Gasteiger partial charge in [-0.2, -0.15) is 4.98 Å². The van der Waals surface area contributed by atoms with E-state index in [4.69, 9.17) is 4.74 Å². The van der Waals surface area contributed by atoms with Gasteiger partial charge in [0.1, 0.15) is 11.6 Å². The van der Waals surface area contributed by atoms with Crippen molar-refractivity contribution in [2.45, 2.75) is 13.5 Å². The van der Waals surface area contributed by atoms with Crippen LogP contribution in [-0.4, -0.2) is 17.0 Å². The van der Waals surface area contributed by atoms with Crippen molar-refractivity contribution in [3.05, 3.63) is 47.5 Å². The predicted molar refractivity (Wildman–Crippen MR) is 66.0 cm³/mol. The summed E-state index contributed by atoms with van der Waals surface area (Å²) in [7, 11) is 1.86. The van der Waals surface area contributed by atoms with Crippen LogP contribution in [0.3, 0.4) is 0 Å². The lowest BCUT2D eigenvalue weighted by atomic mass is 10.2. The van der Waals surface area contributed by atoms with Crippen LogP contribution in [0.1, 0.15) is 11.3 Å². The Balaban J connectivity index is 2.17. The van der Waals surface area contributed by atoms with Gasteiger partial charge >= 0.3 is 6.01 Å². The molecule has 0 fully saturated rings. The fraction of sp³-hybridized carbons (Fsp3) is 0.231. The number of hydrogen-bond acceptors (Lipinski definition) is 4. The highest BCUT2D eigenvalue weighted by molar-refractivity contribution is 5.26. The van der Waals surface area contributed by atoms with Crippen molar-refractivity contribution in [2.75, 3.05) is 7.05 Å². The molecule has 1 heterocycles. The highest BCUT2D eigenvalue weighted by Crippen LogP contribution is 2.19. The summed E-state index contributed by atoms with van der Waals surface area (Å²) in [5, 5.41) is 3.03. The molecular formula is C13H14FN3O. The third kappa shape index (κ3) is 3.01. The third-order valence-corrected chi connectivity index (χ3v) is 2.43. The Morgan fingerprint density at radius 2 is 2.22 bits per heavy atom. The molecule has 0 aliphatic heterocycles. The smallest absolute Gasteiger partial charge is 0.322 e. The minimum absolute atomic E-state index is 0.220. The molecule has 0 aliphatic rings. The highest BCUT2D eigenvalue weighted by Gasteiger charge is 2.05. The maximum atomic E-state index is 13.0. The molecule has 0 saturated heterocycles. The summed E-state index contributed by atoms with van der Waals surface area (Å²) in [6.07, 6.45) is 1.70. The standard InChI is InChI=1S/C13H14FN3O/c1-9-10(7-15-2)8-16-13(17-9)18-12-5-3-4-11(14)6-12/h3-6,8,15H,7H2,1-2H3. The lowest BCUT2D eigenvalue weighted by Gasteiger charge is -2.07. The molecule has 0 unspecified atom stereocenters. The summed E-state index contributed by atoms with van der Waals surface area (Å²) < 4.78 is 18.4. The van der Waals surface area contributed by atoms with E-state index in [9.17, 15) is 4.39 Å². The lowest BCUT2D eigenvalue weighted by Crippen LogP contribution is -2.08. The Morgan fingerprint density at radius 1 is 1.39 bits per heavy atom. The van der Waals surface area contributed by atoms with Crippen molar-refractivity contribution in [3.8, 4) is 11.8 Å². The van der Waals surface area contributed by atoms with Crippen LogP contribution >= 0.6 is 0 Å². The van der Waals surface area contributed by atoms with Gasteiger partial charge in [-0.1, -0.05) is 6.07 Å². The van der Waals surface area contributed by atoms with Crippen molar-refractivity contribution in [3.63, 3.8) is 0 Å². The topological polar surface area (TPSA) is 47.0 Å². The van der Waals surface area contributed by atoms with Crippen LogP contribution < -0.4 is 10.1 Å². The van der Waals surface area contributed by atoms with Crippen LogP contribution in [0.5, 0.6) is 11.8 Å². The first kappa shape index (κ1) is 12.4. The first-order chi connectivity index (χ1) is 8.69. The van der Waals surface area contributed by atoms with Gasteiger partial charge in [0.05, 0.1) is 0 Å². The average Bonchev–Trinajstić information content (AvgIpc) is 2.33. The summed E-state index contributed by atoms with van der Waals surface area (Å²) in [5.74, 6) is 0.0341. The summed E-state index contributed by atoms with van der Waals surface area (Å²) in [4.78, 5) is 8.31. The van der Waals surface area contributed by atoms with Gasteiger partial charge < -0.3 is 10.1 Å². The Kier molecular flexibility index (Phi) is 3.84. The quantitative estimate of drug-likeness (QED) is 0.901. The number of halogens is 1. The van der Waals surface area contributed by atoms with E-state index in [0.29, 0.717) is 12.3 Å². The number of aromatic nitrogens is 2. The van der Waals surface area contributed by atoms with Gasteiger partial charge in [-0.25, -0.2) is 9.37 Å². The molecule has 0 aliphatic carbocycles. The molecule has 94 valence electrons. The molecule has 5 heteroatoms. The van der Waals surface area contributed by atoms with Gasteiger partial charge in [0.25, 0.3) is 0 Å². The Bertz CT molecular complexity index is 546. The molecule has 2 rings (SSSR count). The molecule has 0 spiro atoms. The average molecular weight is 247 g/mol. The number of hydrogen-bond donors (Lipinski definition) is 1. The fourth-order valence-corrected chi connectivity index (χ4v) is 1.52.